The van der Waals surface area contributed by atoms with E-state index >= 15 is 0 Å². The number of ether oxygens (including phenoxy) is 1. The molecule has 2 rings (SSSR count). The lowest BCUT2D eigenvalue weighted by Gasteiger charge is -2.03. The molecule has 0 unspecified atom stereocenters. The van der Waals surface area contributed by atoms with Crippen LogP contribution in [0, 0.1) is 0 Å². The Morgan fingerprint density at radius 2 is 2.23 bits per heavy atom. The molecule has 2 aromatic rings. The lowest BCUT2D eigenvalue weighted by atomic mass is 10.1. The number of carbonyl (C=O) groups is 1. The highest BCUT2D eigenvalue weighted by Gasteiger charge is 2.08. The van der Waals surface area contributed by atoms with Crippen LogP contribution in [-0.2, 0) is 0 Å². The highest BCUT2D eigenvalue weighted by Crippen LogP contribution is 2.29. The number of rotatable bonds is 2. The van der Waals surface area contributed by atoms with Gasteiger partial charge in [0, 0.05) is 0 Å². The number of carbonyl (C=O) groups excluding carboxylic acids is 1. The summed E-state index contributed by atoms with van der Waals surface area (Å²) in [6.07, 6.45) is 2.34. The third-order valence-corrected chi connectivity index (χ3v) is 1.95. The van der Waals surface area contributed by atoms with Gasteiger partial charge in [-0.25, -0.2) is 0 Å². The maximum absolute atomic E-state index is 10.6. The summed E-state index contributed by atoms with van der Waals surface area (Å²) < 4.78 is 10.3. The molecule has 1 aromatic carbocycles. The van der Waals surface area contributed by atoms with Crippen molar-refractivity contribution < 1.29 is 13.9 Å². The minimum absolute atomic E-state index is 0.538. The van der Waals surface area contributed by atoms with Crippen molar-refractivity contribution in [2.24, 2.45) is 0 Å². The topological polar surface area (TPSA) is 39.4 Å². The Morgan fingerprint density at radius 1 is 1.38 bits per heavy atom. The summed E-state index contributed by atoms with van der Waals surface area (Å²) in [5, 5.41) is 0.826. The molecule has 0 saturated carbocycles. The van der Waals surface area contributed by atoms with Gasteiger partial charge in [-0.2, -0.15) is 0 Å². The molecule has 0 bridgehead atoms. The Kier molecular flexibility index (Phi) is 1.77. The molecule has 3 nitrogen and oxygen atoms in total. The molecule has 1 heterocycles. The SMILES string of the molecule is COc1c(C=O)ccc2occc12. The van der Waals surface area contributed by atoms with Gasteiger partial charge in [0.05, 0.1) is 24.3 Å². The molecule has 3 heteroatoms. The fourth-order valence-electron chi connectivity index (χ4n) is 1.35. The van der Waals surface area contributed by atoms with E-state index in [-0.39, 0.29) is 0 Å². The Morgan fingerprint density at radius 3 is 2.92 bits per heavy atom. The smallest absolute Gasteiger partial charge is 0.153 e. The van der Waals surface area contributed by atoms with E-state index in [0.29, 0.717) is 11.3 Å². The zero-order chi connectivity index (χ0) is 9.26. The van der Waals surface area contributed by atoms with Gasteiger partial charge in [-0.3, -0.25) is 4.79 Å². The molecule has 13 heavy (non-hydrogen) atoms. The predicted octanol–water partition coefficient (Wildman–Crippen LogP) is 2.25. The van der Waals surface area contributed by atoms with Crippen LogP contribution in [0.3, 0.4) is 0 Å². The molecule has 0 aliphatic carbocycles. The third kappa shape index (κ3) is 1.09. The van der Waals surface area contributed by atoms with Crippen LogP contribution in [0.2, 0.25) is 0 Å². The van der Waals surface area contributed by atoms with Gasteiger partial charge in [0.15, 0.2) is 6.29 Å². The van der Waals surface area contributed by atoms with Crippen LogP contribution in [0.1, 0.15) is 10.4 Å². The zero-order valence-electron chi connectivity index (χ0n) is 7.11. The van der Waals surface area contributed by atoms with Gasteiger partial charge >= 0.3 is 0 Å². The molecule has 0 amide bonds. The predicted molar refractivity (Wildman–Crippen MR) is 48.2 cm³/mol. The standard InChI is InChI=1S/C10H8O3/c1-12-10-7(6-11)2-3-9-8(10)4-5-13-9/h2-6H,1H3. The minimum atomic E-state index is 0.538. The first-order valence-corrected chi connectivity index (χ1v) is 3.86. The molecule has 0 atom stereocenters. The second-order valence-electron chi connectivity index (χ2n) is 2.64. The number of hydrogen-bond acceptors (Lipinski definition) is 3. The minimum Gasteiger partial charge on any atom is -0.495 e. The molecular weight excluding hydrogens is 168 g/mol. The van der Waals surface area contributed by atoms with Crippen LogP contribution in [0.25, 0.3) is 11.0 Å². The lowest BCUT2D eigenvalue weighted by Crippen LogP contribution is -1.89. The Bertz CT molecular complexity index is 442. The highest BCUT2D eigenvalue weighted by molar-refractivity contribution is 5.93. The third-order valence-electron chi connectivity index (χ3n) is 1.95. The summed E-state index contributed by atoms with van der Waals surface area (Å²) in [7, 11) is 1.54. The van der Waals surface area contributed by atoms with Gasteiger partial charge < -0.3 is 9.15 Å². The van der Waals surface area contributed by atoms with E-state index in [9.17, 15) is 4.79 Å². The lowest BCUT2D eigenvalue weighted by molar-refractivity contribution is 0.112. The van der Waals surface area contributed by atoms with Crippen molar-refractivity contribution in [1.29, 1.82) is 0 Å². The molecule has 0 radical (unpaired) electrons. The number of furan rings is 1. The number of aldehydes is 1. The second-order valence-corrected chi connectivity index (χ2v) is 2.64. The maximum Gasteiger partial charge on any atom is 0.153 e. The van der Waals surface area contributed by atoms with Crippen LogP contribution in [0.4, 0.5) is 0 Å². The Balaban J connectivity index is 2.81. The van der Waals surface area contributed by atoms with E-state index < -0.39 is 0 Å². The van der Waals surface area contributed by atoms with Crippen molar-refractivity contribution in [3.05, 3.63) is 30.0 Å². The molecule has 0 spiro atoms. The highest BCUT2D eigenvalue weighted by atomic mass is 16.5. The van der Waals surface area contributed by atoms with E-state index in [1.807, 2.05) is 0 Å². The van der Waals surface area contributed by atoms with Crippen molar-refractivity contribution in [1.82, 2.24) is 0 Å². The first kappa shape index (κ1) is 7.86. The fraction of sp³-hybridized carbons (Fsp3) is 0.100. The maximum atomic E-state index is 10.6. The summed E-state index contributed by atoms with van der Waals surface area (Å²) in [5.41, 5.74) is 1.26. The normalized spacial score (nSPS) is 10.2. The Hall–Kier alpha value is -1.77. The van der Waals surface area contributed by atoms with Crippen LogP contribution in [0.5, 0.6) is 5.75 Å². The van der Waals surface area contributed by atoms with Gasteiger partial charge in [-0.1, -0.05) is 0 Å². The average molecular weight is 176 g/mol. The Labute approximate surface area is 74.9 Å². The van der Waals surface area contributed by atoms with Gasteiger partial charge in [-0.05, 0) is 18.2 Å². The molecular formula is C10H8O3. The van der Waals surface area contributed by atoms with Crippen molar-refractivity contribution in [2.75, 3.05) is 7.11 Å². The van der Waals surface area contributed by atoms with Crippen LogP contribution < -0.4 is 4.74 Å². The van der Waals surface area contributed by atoms with Crippen molar-refractivity contribution in [3.63, 3.8) is 0 Å². The van der Waals surface area contributed by atoms with Crippen molar-refractivity contribution in [2.45, 2.75) is 0 Å². The van der Waals surface area contributed by atoms with E-state index in [2.05, 4.69) is 0 Å². The van der Waals surface area contributed by atoms with Gasteiger partial charge in [-0.15, -0.1) is 0 Å². The monoisotopic (exact) mass is 176 g/mol. The van der Waals surface area contributed by atoms with Crippen molar-refractivity contribution >= 4 is 17.3 Å². The number of fused-ring (bicyclic) bond motifs is 1. The summed E-state index contributed by atoms with van der Waals surface area (Å²) in [4.78, 5) is 10.6. The molecule has 1 aromatic heterocycles. The fourth-order valence-corrected chi connectivity index (χ4v) is 1.35. The van der Waals surface area contributed by atoms with E-state index in [0.717, 1.165) is 17.3 Å². The molecule has 0 N–H and O–H groups in total. The molecule has 66 valence electrons. The van der Waals surface area contributed by atoms with Gasteiger partial charge in [0.1, 0.15) is 11.3 Å². The van der Waals surface area contributed by atoms with E-state index in [1.165, 1.54) is 7.11 Å². The number of methoxy groups -OCH3 is 1. The number of hydrogen-bond donors (Lipinski definition) is 0. The van der Waals surface area contributed by atoms with Crippen LogP contribution >= 0.6 is 0 Å². The van der Waals surface area contributed by atoms with Crippen LogP contribution in [0.15, 0.2) is 28.9 Å². The van der Waals surface area contributed by atoms with E-state index in [1.54, 1.807) is 24.5 Å². The molecule has 0 aliphatic heterocycles. The summed E-state index contributed by atoms with van der Waals surface area (Å²) in [6, 6.07) is 5.21. The summed E-state index contributed by atoms with van der Waals surface area (Å²) >= 11 is 0. The van der Waals surface area contributed by atoms with Crippen LogP contribution in [-0.4, -0.2) is 13.4 Å². The zero-order valence-corrected chi connectivity index (χ0v) is 7.11. The molecule has 0 fully saturated rings. The first-order chi connectivity index (χ1) is 6.36. The van der Waals surface area contributed by atoms with E-state index in [4.69, 9.17) is 9.15 Å². The second kappa shape index (κ2) is 2.94. The largest absolute Gasteiger partial charge is 0.495 e. The average Bonchev–Trinajstić information content (AvgIpc) is 2.63. The molecule has 0 saturated heterocycles. The quantitative estimate of drug-likeness (QED) is 0.659. The van der Waals surface area contributed by atoms with Crippen molar-refractivity contribution in [3.8, 4) is 5.75 Å². The first-order valence-electron chi connectivity index (χ1n) is 3.86. The van der Waals surface area contributed by atoms with Gasteiger partial charge in [0.2, 0.25) is 0 Å². The van der Waals surface area contributed by atoms with Gasteiger partial charge in [0.25, 0.3) is 0 Å². The summed E-state index contributed by atoms with van der Waals surface area (Å²) in [5.74, 6) is 0.571. The molecule has 0 aliphatic rings. The number of benzene rings is 1. The summed E-state index contributed by atoms with van der Waals surface area (Å²) in [6.45, 7) is 0.